The first-order valence-corrected chi connectivity index (χ1v) is 8.39. The summed E-state index contributed by atoms with van der Waals surface area (Å²) in [5.74, 6) is -0.166. The second-order valence-corrected chi connectivity index (χ2v) is 6.51. The van der Waals surface area contributed by atoms with E-state index in [0.717, 1.165) is 11.3 Å². The van der Waals surface area contributed by atoms with Crippen LogP contribution in [-0.4, -0.2) is 23.5 Å². The molecule has 0 aliphatic rings. The monoisotopic (exact) mass is 358 g/mol. The Bertz CT molecular complexity index is 905. The van der Waals surface area contributed by atoms with Crippen molar-refractivity contribution in [3.63, 3.8) is 0 Å². The number of aromatic nitrogens is 1. The molecule has 2 aromatic carbocycles. The van der Waals surface area contributed by atoms with Gasteiger partial charge in [-0.2, -0.15) is 4.98 Å². The van der Waals surface area contributed by atoms with Crippen LogP contribution < -0.4 is 9.64 Å². The molecule has 3 rings (SSSR count). The second kappa shape index (κ2) is 7.15. The molecule has 1 amide bonds. The number of hydrogen-bond donors (Lipinski definition) is 0. The topological polar surface area (TPSA) is 55.6 Å². The van der Waals surface area contributed by atoms with Gasteiger partial charge in [0.25, 0.3) is 5.91 Å². The Balaban J connectivity index is 1.74. The standard InChI is InChI=1S/C19H19ClN2O3/c1-12(2)22(15-6-4-5-13(3)9-15)18(23)11-24-19-21-16-8-7-14(20)10-17(16)25-19/h4-10,12H,11H2,1-3H3. The molecule has 0 N–H and O–H groups in total. The van der Waals surface area contributed by atoms with Gasteiger partial charge in [0.05, 0.1) is 0 Å². The van der Waals surface area contributed by atoms with Crippen LogP contribution in [0.2, 0.25) is 5.02 Å². The van der Waals surface area contributed by atoms with Gasteiger partial charge in [0.2, 0.25) is 0 Å². The van der Waals surface area contributed by atoms with Crippen LogP contribution in [0.4, 0.5) is 5.69 Å². The van der Waals surface area contributed by atoms with Crippen molar-refractivity contribution in [1.29, 1.82) is 0 Å². The summed E-state index contributed by atoms with van der Waals surface area (Å²) in [7, 11) is 0. The van der Waals surface area contributed by atoms with E-state index in [1.165, 1.54) is 0 Å². The summed E-state index contributed by atoms with van der Waals surface area (Å²) in [5, 5.41) is 0.553. The van der Waals surface area contributed by atoms with Gasteiger partial charge in [-0.05, 0) is 50.6 Å². The Hall–Kier alpha value is -2.53. The Morgan fingerprint density at radius 2 is 2.08 bits per heavy atom. The molecule has 0 fully saturated rings. The van der Waals surface area contributed by atoms with Crippen LogP contribution >= 0.6 is 11.6 Å². The fraction of sp³-hybridized carbons (Fsp3) is 0.263. The lowest BCUT2D eigenvalue weighted by Crippen LogP contribution is -2.40. The maximum atomic E-state index is 12.6. The molecule has 0 unspecified atom stereocenters. The molecule has 25 heavy (non-hydrogen) atoms. The number of amides is 1. The number of rotatable bonds is 5. The average Bonchev–Trinajstić information content (AvgIpc) is 2.95. The Labute approximate surface area is 151 Å². The quantitative estimate of drug-likeness (QED) is 0.668. The number of hydrogen-bond acceptors (Lipinski definition) is 4. The fourth-order valence-electron chi connectivity index (χ4n) is 2.64. The lowest BCUT2D eigenvalue weighted by Gasteiger charge is -2.26. The van der Waals surface area contributed by atoms with Gasteiger partial charge in [-0.3, -0.25) is 4.79 Å². The first-order chi connectivity index (χ1) is 11.9. The third kappa shape index (κ3) is 3.94. The van der Waals surface area contributed by atoms with Crippen molar-refractivity contribution in [3.05, 3.63) is 53.1 Å². The summed E-state index contributed by atoms with van der Waals surface area (Å²) in [6.45, 7) is 5.75. The molecule has 0 radical (unpaired) electrons. The van der Waals surface area contributed by atoms with Gasteiger partial charge in [-0.15, -0.1) is 0 Å². The number of carbonyl (C=O) groups is 1. The number of anilines is 1. The molecule has 1 heterocycles. The van der Waals surface area contributed by atoms with Crippen LogP contribution in [0, 0.1) is 6.92 Å². The van der Waals surface area contributed by atoms with E-state index in [2.05, 4.69) is 4.98 Å². The first-order valence-electron chi connectivity index (χ1n) is 8.01. The smallest absolute Gasteiger partial charge is 0.395 e. The molecule has 0 bridgehead atoms. The van der Waals surface area contributed by atoms with E-state index in [1.54, 1.807) is 23.1 Å². The van der Waals surface area contributed by atoms with E-state index in [4.69, 9.17) is 20.8 Å². The lowest BCUT2D eigenvalue weighted by molar-refractivity contribution is -0.121. The molecule has 0 saturated carbocycles. The van der Waals surface area contributed by atoms with Crippen molar-refractivity contribution in [2.75, 3.05) is 11.5 Å². The van der Waals surface area contributed by atoms with Crippen molar-refractivity contribution < 1.29 is 13.9 Å². The van der Waals surface area contributed by atoms with Crippen LogP contribution in [-0.2, 0) is 4.79 Å². The van der Waals surface area contributed by atoms with Gasteiger partial charge >= 0.3 is 6.08 Å². The third-order valence-corrected chi connectivity index (χ3v) is 3.95. The summed E-state index contributed by atoms with van der Waals surface area (Å²) in [5.41, 5.74) is 3.08. The van der Waals surface area contributed by atoms with Crippen molar-refractivity contribution in [1.82, 2.24) is 4.98 Å². The molecular weight excluding hydrogens is 340 g/mol. The molecule has 0 saturated heterocycles. The Morgan fingerprint density at radius 1 is 1.28 bits per heavy atom. The highest BCUT2D eigenvalue weighted by molar-refractivity contribution is 6.31. The number of carbonyl (C=O) groups excluding carboxylic acids is 1. The van der Waals surface area contributed by atoms with E-state index < -0.39 is 0 Å². The number of halogens is 1. The van der Waals surface area contributed by atoms with Crippen LogP contribution in [0.1, 0.15) is 19.4 Å². The normalized spacial score (nSPS) is 11.1. The second-order valence-electron chi connectivity index (χ2n) is 6.08. The molecular formula is C19H19ClN2O3. The molecule has 0 atom stereocenters. The van der Waals surface area contributed by atoms with Crippen LogP contribution in [0.3, 0.4) is 0 Å². The van der Waals surface area contributed by atoms with Crippen molar-refractivity contribution in [2.24, 2.45) is 0 Å². The molecule has 5 nitrogen and oxygen atoms in total. The largest absolute Gasteiger partial charge is 0.440 e. The van der Waals surface area contributed by atoms with E-state index >= 15 is 0 Å². The van der Waals surface area contributed by atoms with Gasteiger partial charge in [0.1, 0.15) is 5.52 Å². The Kier molecular flexibility index (Phi) is 4.95. The average molecular weight is 359 g/mol. The van der Waals surface area contributed by atoms with E-state index in [0.29, 0.717) is 16.1 Å². The van der Waals surface area contributed by atoms with E-state index in [-0.39, 0.29) is 24.6 Å². The zero-order valence-electron chi connectivity index (χ0n) is 14.3. The van der Waals surface area contributed by atoms with Gasteiger partial charge in [-0.25, -0.2) is 0 Å². The predicted octanol–water partition coefficient (Wildman–Crippen LogP) is 4.61. The Morgan fingerprint density at radius 3 is 2.80 bits per heavy atom. The fourth-order valence-corrected chi connectivity index (χ4v) is 2.80. The molecule has 0 spiro atoms. The van der Waals surface area contributed by atoms with Crippen molar-refractivity contribution in [3.8, 4) is 6.08 Å². The molecule has 0 aliphatic carbocycles. The highest BCUT2D eigenvalue weighted by Crippen LogP contribution is 2.24. The van der Waals surface area contributed by atoms with Gasteiger partial charge in [0.15, 0.2) is 12.2 Å². The van der Waals surface area contributed by atoms with E-state index in [1.807, 2.05) is 45.0 Å². The minimum atomic E-state index is -0.166. The van der Waals surface area contributed by atoms with Crippen LogP contribution in [0.15, 0.2) is 46.9 Å². The lowest BCUT2D eigenvalue weighted by atomic mass is 10.2. The number of aryl methyl sites for hydroxylation is 1. The molecule has 1 aromatic heterocycles. The van der Waals surface area contributed by atoms with Gasteiger partial charge in [0, 0.05) is 22.8 Å². The number of ether oxygens (including phenoxy) is 1. The van der Waals surface area contributed by atoms with Crippen LogP contribution in [0.5, 0.6) is 6.08 Å². The number of nitrogens with zero attached hydrogens (tertiary/aromatic N) is 2. The molecule has 130 valence electrons. The molecule has 0 aliphatic heterocycles. The first kappa shape index (κ1) is 17.3. The van der Waals surface area contributed by atoms with Crippen LogP contribution in [0.25, 0.3) is 11.1 Å². The SMILES string of the molecule is Cc1cccc(N(C(=O)COc2nc3ccc(Cl)cc3o2)C(C)C)c1. The maximum absolute atomic E-state index is 12.6. The maximum Gasteiger partial charge on any atom is 0.395 e. The zero-order chi connectivity index (χ0) is 18.0. The minimum Gasteiger partial charge on any atom is -0.440 e. The number of oxazole rings is 1. The van der Waals surface area contributed by atoms with Crippen molar-refractivity contribution >= 4 is 34.3 Å². The summed E-state index contributed by atoms with van der Waals surface area (Å²) in [4.78, 5) is 18.5. The number of benzene rings is 2. The summed E-state index contributed by atoms with van der Waals surface area (Å²) in [6, 6.07) is 12.9. The molecule has 6 heteroatoms. The van der Waals surface area contributed by atoms with Crippen molar-refractivity contribution in [2.45, 2.75) is 26.8 Å². The summed E-state index contributed by atoms with van der Waals surface area (Å²) in [6.07, 6.45) is 0.0542. The predicted molar refractivity (Wildman–Crippen MR) is 98.3 cm³/mol. The highest BCUT2D eigenvalue weighted by atomic mass is 35.5. The highest BCUT2D eigenvalue weighted by Gasteiger charge is 2.20. The summed E-state index contributed by atoms with van der Waals surface area (Å²) >= 11 is 5.92. The number of fused-ring (bicyclic) bond motifs is 1. The van der Waals surface area contributed by atoms with Gasteiger partial charge < -0.3 is 14.1 Å². The summed E-state index contributed by atoms with van der Waals surface area (Å²) < 4.78 is 10.9. The molecule has 3 aromatic rings. The minimum absolute atomic E-state index is 0.000314. The van der Waals surface area contributed by atoms with Gasteiger partial charge in [-0.1, -0.05) is 23.7 Å². The third-order valence-electron chi connectivity index (χ3n) is 3.71. The zero-order valence-corrected chi connectivity index (χ0v) is 15.1. The van der Waals surface area contributed by atoms with E-state index in [9.17, 15) is 4.79 Å².